The van der Waals surface area contributed by atoms with Crippen LogP contribution in [0.15, 0.2) is 48.5 Å². The zero-order chi connectivity index (χ0) is 24.1. The lowest BCUT2D eigenvalue weighted by Crippen LogP contribution is -2.09. The van der Waals surface area contributed by atoms with Crippen molar-refractivity contribution in [3.05, 3.63) is 59.7 Å². The Balaban J connectivity index is 1.88. The number of fused-ring (bicyclic) bond motifs is 1. The van der Waals surface area contributed by atoms with E-state index in [2.05, 4.69) is 32.9 Å². The first-order valence-corrected chi connectivity index (χ1v) is 10.6. The van der Waals surface area contributed by atoms with Gasteiger partial charge in [0.05, 0.1) is 24.6 Å². The SMILES string of the molecule is CCOc1ccccc1Nc1nn2c(Nc3ccccc3OCC)c(C#N)c(N)nc2c1C#N. The number of hydrogen-bond donors (Lipinski definition) is 3. The second-order valence-corrected chi connectivity index (χ2v) is 7.01. The van der Waals surface area contributed by atoms with Crippen LogP contribution < -0.4 is 25.8 Å². The van der Waals surface area contributed by atoms with Gasteiger partial charge in [-0.2, -0.15) is 15.0 Å². The van der Waals surface area contributed by atoms with E-state index < -0.39 is 0 Å². The molecule has 0 bridgehead atoms. The van der Waals surface area contributed by atoms with E-state index >= 15 is 0 Å². The summed E-state index contributed by atoms with van der Waals surface area (Å²) in [5.74, 6) is 1.69. The van der Waals surface area contributed by atoms with Crippen LogP contribution in [0.2, 0.25) is 0 Å². The van der Waals surface area contributed by atoms with E-state index in [-0.39, 0.29) is 34.2 Å². The Morgan fingerprint density at radius 3 is 2.00 bits per heavy atom. The third-order valence-electron chi connectivity index (χ3n) is 4.90. The first-order chi connectivity index (χ1) is 16.6. The Hall–Kier alpha value is -4.96. The molecule has 0 aliphatic carbocycles. The second kappa shape index (κ2) is 9.67. The average molecular weight is 454 g/mol. The van der Waals surface area contributed by atoms with Gasteiger partial charge in [0.2, 0.25) is 0 Å². The maximum Gasteiger partial charge on any atom is 0.179 e. The van der Waals surface area contributed by atoms with Gasteiger partial charge in [0.15, 0.2) is 17.3 Å². The summed E-state index contributed by atoms with van der Waals surface area (Å²) < 4.78 is 12.7. The molecule has 170 valence electrons. The van der Waals surface area contributed by atoms with Gasteiger partial charge < -0.3 is 25.8 Å². The number of benzene rings is 2. The molecule has 2 aromatic carbocycles. The van der Waals surface area contributed by atoms with E-state index in [9.17, 15) is 10.5 Å². The zero-order valence-electron chi connectivity index (χ0n) is 18.7. The van der Waals surface area contributed by atoms with Crippen LogP contribution in [-0.2, 0) is 0 Å². The fraction of sp³-hybridized carbons (Fsp3) is 0.167. The topological polar surface area (TPSA) is 146 Å². The van der Waals surface area contributed by atoms with Crippen molar-refractivity contribution in [3.63, 3.8) is 0 Å². The highest BCUT2D eigenvalue weighted by Gasteiger charge is 2.23. The van der Waals surface area contributed by atoms with Crippen LogP contribution in [0, 0.1) is 22.7 Å². The van der Waals surface area contributed by atoms with E-state index in [4.69, 9.17) is 15.2 Å². The highest BCUT2D eigenvalue weighted by atomic mass is 16.5. The first kappa shape index (κ1) is 22.2. The van der Waals surface area contributed by atoms with Crippen molar-refractivity contribution < 1.29 is 9.47 Å². The Morgan fingerprint density at radius 2 is 1.44 bits per heavy atom. The summed E-state index contributed by atoms with van der Waals surface area (Å²) in [7, 11) is 0. The van der Waals surface area contributed by atoms with Crippen molar-refractivity contribution in [2.75, 3.05) is 29.6 Å². The molecule has 0 spiro atoms. The summed E-state index contributed by atoms with van der Waals surface area (Å²) in [5.41, 5.74) is 7.80. The van der Waals surface area contributed by atoms with Crippen molar-refractivity contribution in [3.8, 4) is 23.6 Å². The van der Waals surface area contributed by atoms with Gasteiger partial charge in [0, 0.05) is 0 Å². The Kier molecular flexibility index (Phi) is 6.33. The third kappa shape index (κ3) is 4.08. The van der Waals surface area contributed by atoms with Gasteiger partial charge in [-0.05, 0) is 38.1 Å². The lowest BCUT2D eigenvalue weighted by molar-refractivity contribution is 0.342. The number of nitriles is 2. The molecule has 0 fully saturated rings. The predicted octanol–water partition coefficient (Wildman–Crippen LogP) is 4.34. The zero-order valence-corrected chi connectivity index (χ0v) is 18.7. The molecule has 4 N–H and O–H groups in total. The molecule has 2 heterocycles. The average Bonchev–Trinajstić information content (AvgIpc) is 3.18. The van der Waals surface area contributed by atoms with Gasteiger partial charge in [0.1, 0.15) is 40.6 Å². The van der Waals surface area contributed by atoms with E-state index in [1.165, 1.54) is 4.52 Å². The lowest BCUT2D eigenvalue weighted by Gasteiger charge is -2.14. The molecule has 10 heteroatoms. The van der Waals surface area contributed by atoms with E-state index in [1.807, 2.05) is 50.2 Å². The molecule has 4 rings (SSSR count). The van der Waals surface area contributed by atoms with Gasteiger partial charge in [-0.3, -0.25) is 0 Å². The largest absolute Gasteiger partial charge is 0.492 e. The van der Waals surface area contributed by atoms with Crippen LogP contribution in [-0.4, -0.2) is 27.8 Å². The van der Waals surface area contributed by atoms with Crippen LogP contribution in [0.25, 0.3) is 5.65 Å². The maximum atomic E-state index is 9.91. The van der Waals surface area contributed by atoms with Crippen molar-refractivity contribution in [1.82, 2.24) is 14.6 Å². The molecule has 4 aromatic rings. The highest BCUT2D eigenvalue weighted by molar-refractivity contribution is 5.80. The molecule has 0 radical (unpaired) electrons. The monoisotopic (exact) mass is 454 g/mol. The van der Waals surface area contributed by atoms with Gasteiger partial charge in [0.25, 0.3) is 0 Å². The fourth-order valence-corrected chi connectivity index (χ4v) is 3.44. The van der Waals surface area contributed by atoms with E-state index in [0.717, 1.165) is 0 Å². The van der Waals surface area contributed by atoms with Gasteiger partial charge in [-0.25, -0.2) is 4.98 Å². The molecule has 0 saturated heterocycles. The summed E-state index contributed by atoms with van der Waals surface area (Å²) in [5, 5.41) is 30.6. The normalized spacial score (nSPS) is 10.4. The molecule has 0 aliphatic heterocycles. The number of para-hydroxylation sites is 4. The standard InChI is InChI=1S/C24H22N8O2/c1-3-33-19-11-7-5-9-17(19)28-22-16(14-26)24-30-21(27)15(13-25)23(32(24)31-22)29-18-10-6-8-12-20(18)34-4-2/h5-12,29H,3-4H2,1-2H3,(H2,27,30)(H,28,31). The third-order valence-corrected chi connectivity index (χ3v) is 4.90. The van der Waals surface area contributed by atoms with Gasteiger partial charge >= 0.3 is 0 Å². The van der Waals surface area contributed by atoms with Crippen LogP contribution in [0.1, 0.15) is 25.0 Å². The van der Waals surface area contributed by atoms with Gasteiger partial charge in [-0.1, -0.05) is 24.3 Å². The molecule has 0 atom stereocenters. The second-order valence-electron chi connectivity index (χ2n) is 7.01. The number of hydrogen-bond acceptors (Lipinski definition) is 9. The van der Waals surface area contributed by atoms with Crippen LogP contribution in [0.4, 0.5) is 28.8 Å². The number of nitrogens with one attached hydrogen (secondary N) is 2. The van der Waals surface area contributed by atoms with Crippen LogP contribution in [0.3, 0.4) is 0 Å². The molecule has 0 aliphatic rings. The predicted molar refractivity (Wildman–Crippen MR) is 129 cm³/mol. The van der Waals surface area contributed by atoms with Crippen molar-refractivity contribution >= 4 is 34.5 Å². The molecular formula is C24H22N8O2. The van der Waals surface area contributed by atoms with Gasteiger partial charge in [-0.15, -0.1) is 5.10 Å². The van der Waals surface area contributed by atoms with Crippen molar-refractivity contribution in [2.45, 2.75) is 13.8 Å². The Bertz CT molecular complexity index is 1430. The molecular weight excluding hydrogens is 432 g/mol. The molecule has 34 heavy (non-hydrogen) atoms. The minimum atomic E-state index is -0.0240. The van der Waals surface area contributed by atoms with Crippen molar-refractivity contribution in [2.24, 2.45) is 0 Å². The minimum Gasteiger partial charge on any atom is -0.492 e. The number of rotatable bonds is 8. The van der Waals surface area contributed by atoms with E-state index in [1.54, 1.807) is 12.1 Å². The fourth-order valence-electron chi connectivity index (χ4n) is 3.44. The van der Waals surface area contributed by atoms with E-state index in [0.29, 0.717) is 36.1 Å². The molecule has 0 saturated carbocycles. The lowest BCUT2D eigenvalue weighted by atomic mass is 10.2. The maximum absolute atomic E-state index is 9.91. The summed E-state index contributed by atoms with van der Waals surface area (Å²) in [6.07, 6.45) is 0. The molecule has 10 nitrogen and oxygen atoms in total. The summed E-state index contributed by atoms with van der Waals surface area (Å²) in [6.45, 7) is 4.71. The highest BCUT2D eigenvalue weighted by Crippen LogP contribution is 2.34. The summed E-state index contributed by atoms with van der Waals surface area (Å²) in [6, 6.07) is 18.8. The molecule has 2 aromatic heterocycles. The minimum absolute atomic E-state index is 0.0240. The van der Waals surface area contributed by atoms with Crippen LogP contribution >= 0.6 is 0 Å². The summed E-state index contributed by atoms with van der Waals surface area (Å²) in [4.78, 5) is 4.29. The summed E-state index contributed by atoms with van der Waals surface area (Å²) >= 11 is 0. The number of nitrogens with zero attached hydrogens (tertiary/aromatic N) is 5. The first-order valence-electron chi connectivity index (χ1n) is 10.6. The number of aromatic nitrogens is 3. The number of nitrogen functional groups attached to an aromatic ring is 1. The Labute approximate surface area is 196 Å². The van der Waals surface area contributed by atoms with Crippen molar-refractivity contribution in [1.29, 1.82) is 10.5 Å². The smallest absolute Gasteiger partial charge is 0.179 e. The van der Waals surface area contributed by atoms with Crippen LogP contribution in [0.5, 0.6) is 11.5 Å². The Morgan fingerprint density at radius 1 is 0.882 bits per heavy atom. The number of ether oxygens (including phenoxy) is 2. The number of anilines is 5. The molecule has 0 unspecified atom stereocenters. The quantitative estimate of drug-likeness (QED) is 0.354. The molecule has 0 amide bonds. The number of nitrogens with two attached hydrogens (primary N) is 1.